The van der Waals surface area contributed by atoms with Gasteiger partial charge in [-0.05, 0) is 19.1 Å². The van der Waals surface area contributed by atoms with E-state index >= 15 is 0 Å². The van der Waals surface area contributed by atoms with E-state index in [1.165, 1.54) is 20.9 Å². The quantitative estimate of drug-likeness (QED) is 0.500. The van der Waals surface area contributed by atoms with E-state index in [4.69, 9.17) is 0 Å². The zero-order chi connectivity index (χ0) is 20.5. The second kappa shape index (κ2) is 7.80. The Morgan fingerprint density at radius 1 is 1.34 bits per heavy atom. The molecule has 0 amide bonds. The predicted octanol–water partition coefficient (Wildman–Crippen LogP) is -1.38. The maximum atomic E-state index is 13.2. The molecular weight excluding hydrogens is 392 g/mol. The molecule has 0 atom stereocenters. The highest BCUT2D eigenvalue weighted by Crippen LogP contribution is 2.23. The van der Waals surface area contributed by atoms with Crippen molar-refractivity contribution in [3.8, 4) is 5.13 Å². The fourth-order valence-corrected chi connectivity index (χ4v) is 4.38. The van der Waals surface area contributed by atoms with Crippen molar-refractivity contribution in [2.75, 3.05) is 33.2 Å². The summed E-state index contributed by atoms with van der Waals surface area (Å²) in [4.78, 5) is 30.4. The lowest BCUT2D eigenvalue weighted by atomic mass is 10.1. The molecule has 1 aromatic carbocycles. The van der Waals surface area contributed by atoms with Crippen LogP contribution < -0.4 is 15.6 Å². The van der Waals surface area contributed by atoms with Crippen LogP contribution in [-0.2, 0) is 11.2 Å². The number of fused-ring (bicyclic) bond motifs is 1. The van der Waals surface area contributed by atoms with Gasteiger partial charge in [0.2, 0.25) is 5.13 Å². The molecule has 3 heterocycles. The fourth-order valence-electron chi connectivity index (χ4n) is 3.46. The molecule has 29 heavy (non-hydrogen) atoms. The van der Waals surface area contributed by atoms with E-state index in [-0.39, 0.29) is 16.8 Å². The van der Waals surface area contributed by atoms with E-state index in [2.05, 4.69) is 22.2 Å². The highest BCUT2D eigenvalue weighted by molar-refractivity contribution is 7.20. The molecule has 2 N–H and O–H groups in total. The Morgan fingerprint density at radius 3 is 2.76 bits per heavy atom. The summed E-state index contributed by atoms with van der Waals surface area (Å²) in [6, 6.07) is 7.58. The summed E-state index contributed by atoms with van der Waals surface area (Å²) >= 11 is 1.36. The number of likely N-dealkylation sites (N-methyl/N-ethyl adjacent to an activating group) is 1. The van der Waals surface area contributed by atoms with Gasteiger partial charge in [0.05, 0.1) is 60.4 Å². The molecule has 2 aromatic heterocycles. The molecule has 1 saturated heterocycles. The van der Waals surface area contributed by atoms with Gasteiger partial charge in [-0.25, -0.2) is 4.98 Å². The number of piperazine rings is 1. The minimum absolute atomic E-state index is 0.264. The molecule has 1 aliphatic rings. The summed E-state index contributed by atoms with van der Waals surface area (Å²) in [6.45, 7) is 5.24. The maximum Gasteiger partial charge on any atom is 0.282 e. The molecule has 152 valence electrons. The molecule has 1 fully saturated rings. The number of para-hydroxylation sites is 1. The third-order valence-corrected chi connectivity index (χ3v) is 6.03. The van der Waals surface area contributed by atoms with E-state index in [1.807, 2.05) is 29.3 Å². The second-order valence-electron chi connectivity index (χ2n) is 7.22. The summed E-state index contributed by atoms with van der Waals surface area (Å²) in [5, 5.41) is 21.1. The number of thiazole rings is 1. The molecule has 10 heteroatoms. The predicted molar refractivity (Wildman–Crippen MR) is 109 cm³/mol. The van der Waals surface area contributed by atoms with Crippen molar-refractivity contribution in [1.82, 2.24) is 19.8 Å². The summed E-state index contributed by atoms with van der Waals surface area (Å²) in [5.41, 5.74) is 1.44. The number of carboxylic acids is 1. The third kappa shape index (κ3) is 3.94. The number of benzene rings is 1. The van der Waals surface area contributed by atoms with Crippen LogP contribution in [0.5, 0.6) is 0 Å². The number of carbonyl (C=O) groups is 1. The number of carboxylic acid groups (broad SMARTS) is 1. The van der Waals surface area contributed by atoms with Gasteiger partial charge in [-0.15, -0.1) is 0 Å². The van der Waals surface area contributed by atoms with Gasteiger partial charge >= 0.3 is 0 Å². The van der Waals surface area contributed by atoms with Crippen molar-refractivity contribution in [3.63, 3.8) is 0 Å². The van der Waals surface area contributed by atoms with Gasteiger partial charge in [-0.2, -0.15) is 9.78 Å². The van der Waals surface area contributed by atoms with E-state index in [0.29, 0.717) is 10.8 Å². The summed E-state index contributed by atoms with van der Waals surface area (Å²) in [5.74, 6) is -1.26. The van der Waals surface area contributed by atoms with Crippen LogP contribution in [0.2, 0.25) is 0 Å². The number of aromatic amines is 1. The molecule has 3 aromatic rings. The topological polar surface area (TPSA) is 111 Å². The average molecular weight is 414 g/mol. The van der Waals surface area contributed by atoms with E-state index < -0.39 is 12.4 Å². The number of carbonyl (C=O) groups excluding carboxylic acids is 1. The average Bonchev–Trinajstić information content (AvgIpc) is 3.24. The first kappa shape index (κ1) is 19.3. The maximum absolute atomic E-state index is 13.2. The van der Waals surface area contributed by atoms with Crippen LogP contribution in [0, 0.1) is 0 Å². The molecule has 4 rings (SSSR count). The number of hydrazone groups is 1. The van der Waals surface area contributed by atoms with Gasteiger partial charge < -0.3 is 14.8 Å². The first-order valence-electron chi connectivity index (χ1n) is 9.44. The normalized spacial score (nSPS) is 15.9. The number of hydrogen-bond acceptors (Lipinski definition) is 7. The first-order valence-corrected chi connectivity index (χ1v) is 10.3. The number of hydrogen-bond donors (Lipinski definition) is 2. The molecule has 0 bridgehead atoms. The number of nitrogens with zero attached hydrogens (tertiary/aromatic N) is 4. The second-order valence-corrected chi connectivity index (χ2v) is 8.22. The largest absolute Gasteiger partial charge is 0.550 e. The van der Waals surface area contributed by atoms with Crippen molar-refractivity contribution in [2.45, 2.75) is 13.3 Å². The Morgan fingerprint density at radius 2 is 2.07 bits per heavy atom. The van der Waals surface area contributed by atoms with Gasteiger partial charge in [-0.3, -0.25) is 14.9 Å². The molecular formula is C19H22N6O3S. The number of rotatable bonds is 5. The molecule has 0 saturated carbocycles. The SMILES string of the molecule is C/C(=N\N1CC[NH+](C)CC1)c1c(CC(=O)[O-])[nH]n(-c2nc3ccccc3s2)c1=O. The Hall–Kier alpha value is -2.98. The van der Waals surface area contributed by atoms with E-state index in [1.54, 1.807) is 6.92 Å². The van der Waals surface area contributed by atoms with Crippen LogP contribution >= 0.6 is 11.3 Å². The lowest BCUT2D eigenvalue weighted by Crippen LogP contribution is -3.11. The lowest BCUT2D eigenvalue weighted by molar-refractivity contribution is -0.884. The van der Waals surface area contributed by atoms with Crippen LogP contribution in [0.3, 0.4) is 0 Å². The smallest absolute Gasteiger partial charge is 0.282 e. The van der Waals surface area contributed by atoms with Gasteiger partial charge in [-0.1, -0.05) is 23.5 Å². The van der Waals surface area contributed by atoms with Crippen LogP contribution in [0.1, 0.15) is 18.2 Å². The molecule has 0 unspecified atom stereocenters. The molecule has 0 radical (unpaired) electrons. The number of aromatic nitrogens is 3. The highest BCUT2D eigenvalue weighted by atomic mass is 32.1. The van der Waals surface area contributed by atoms with Gasteiger partial charge in [0.25, 0.3) is 5.56 Å². The zero-order valence-corrected chi connectivity index (χ0v) is 17.1. The summed E-state index contributed by atoms with van der Waals surface area (Å²) in [7, 11) is 2.13. The fraction of sp³-hybridized carbons (Fsp3) is 0.368. The number of quaternary nitrogens is 1. The molecule has 1 aliphatic heterocycles. The van der Waals surface area contributed by atoms with Crippen molar-refractivity contribution >= 4 is 33.2 Å². The highest BCUT2D eigenvalue weighted by Gasteiger charge is 2.22. The van der Waals surface area contributed by atoms with Crippen LogP contribution in [0.15, 0.2) is 34.2 Å². The summed E-state index contributed by atoms with van der Waals surface area (Å²) < 4.78 is 2.24. The van der Waals surface area contributed by atoms with Gasteiger partial charge in [0.1, 0.15) is 0 Å². The van der Waals surface area contributed by atoms with Gasteiger partial charge in [0, 0.05) is 12.4 Å². The standard InChI is InChI=1S/C19H22N6O3S/c1-12(21-24-9-7-23(2)8-10-24)17-14(11-16(26)27)22-25(18(17)28)19-20-13-5-3-4-6-15(13)29-19/h3-6,22H,7-11H2,1-2H3,(H,26,27)/b21-12+. The first-order chi connectivity index (χ1) is 13.9. The Balaban J connectivity index is 1.76. The van der Waals surface area contributed by atoms with Crippen molar-refractivity contribution < 1.29 is 14.8 Å². The monoisotopic (exact) mass is 414 g/mol. The van der Waals surface area contributed by atoms with Crippen molar-refractivity contribution in [2.24, 2.45) is 5.10 Å². The number of nitrogens with one attached hydrogen (secondary N) is 2. The van der Waals surface area contributed by atoms with E-state index in [9.17, 15) is 14.7 Å². The van der Waals surface area contributed by atoms with Crippen LogP contribution in [-0.4, -0.2) is 64.7 Å². The van der Waals surface area contributed by atoms with Crippen molar-refractivity contribution in [1.29, 1.82) is 0 Å². The molecule has 0 aliphatic carbocycles. The molecule has 9 nitrogen and oxygen atoms in total. The van der Waals surface area contributed by atoms with Crippen LogP contribution in [0.4, 0.5) is 0 Å². The van der Waals surface area contributed by atoms with Gasteiger partial charge in [0.15, 0.2) is 0 Å². The van der Waals surface area contributed by atoms with Crippen molar-refractivity contribution in [3.05, 3.63) is 45.9 Å². The van der Waals surface area contributed by atoms with Crippen LogP contribution in [0.25, 0.3) is 15.3 Å². The summed E-state index contributed by atoms with van der Waals surface area (Å²) in [6.07, 6.45) is -0.401. The minimum atomic E-state index is -1.26. The minimum Gasteiger partial charge on any atom is -0.550 e. The van der Waals surface area contributed by atoms with E-state index in [0.717, 1.165) is 36.4 Å². The third-order valence-electron chi connectivity index (χ3n) is 5.01. The lowest BCUT2D eigenvalue weighted by Gasteiger charge is -2.28. The number of aliphatic carboxylic acids is 1. The Bertz CT molecular complexity index is 1100. The Kier molecular flexibility index (Phi) is 5.20. The zero-order valence-electron chi connectivity index (χ0n) is 16.3. The number of H-pyrrole nitrogens is 1. The molecule has 0 spiro atoms. The Labute approximate surface area is 170 Å².